The highest BCUT2D eigenvalue weighted by molar-refractivity contribution is 5.24. The van der Waals surface area contributed by atoms with E-state index in [1.165, 1.54) is 43.4 Å². The summed E-state index contributed by atoms with van der Waals surface area (Å²) in [6, 6.07) is 10.2. The van der Waals surface area contributed by atoms with Crippen molar-refractivity contribution in [3.63, 3.8) is 0 Å². The van der Waals surface area contributed by atoms with Crippen LogP contribution in [0, 0.1) is 0 Å². The Bertz CT molecular complexity index is 370. The first-order chi connectivity index (χ1) is 10.0. The third-order valence-corrected chi connectivity index (χ3v) is 4.29. The number of nitrogens with zero attached hydrogens (tertiary/aromatic N) is 1. The van der Waals surface area contributed by atoms with Crippen LogP contribution in [0.1, 0.15) is 64.1 Å². The van der Waals surface area contributed by atoms with Gasteiger partial charge in [0.1, 0.15) is 0 Å². The number of aryl methyl sites for hydroxylation is 1. The topological polar surface area (TPSA) is 15.3 Å². The Hall–Kier alpha value is -0.860. The quantitative estimate of drug-likeness (QED) is 0.642. The summed E-state index contributed by atoms with van der Waals surface area (Å²) in [6.45, 7) is 11.3. The Morgan fingerprint density at radius 2 is 1.71 bits per heavy atom. The van der Waals surface area contributed by atoms with Crippen molar-refractivity contribution in [2.75, 3.05) is 20.1 Å². The second-order valence-corrected chi connectivity index (χ2v) is 6.45. The highest BCUT2D eigenvalue weighted by atomic mass is 15.1. The van der Waals surface area contributed by atoms with Gasteiger partial charge >= 0.3 is 0 Å². The molecular weight excluding hydrogens is 256 g/mol. The van der Waals surface area contributed by atoms with Crippen molar-refractivity contribution in [2.45, 2.75) is 65.5 Å². The Morgan fingerprint density at radius 1 is 1.05 bits per heavy atom. The minimum absolute atomic E-state index is 0.448. The van der Waals surface area contributed by atoms with Crippen molar-refractivity contribution in [3.8, 4) is 0 Å². The average molecular weight is 290 g/mol. The van der Waals surface area contributed by atoms with Crippen molar-refractivity contribution >= 4 is 0 Å². The molecule has 2 nitrogen and oxygen atoms in total. The summed E-state index contributed by atoms with van der Waals surface area (Å²) in [5, 5.41) is 3.63. The molecule has 0 aliphatic heterocycles. The van der Waals surface area contributed by atoms with Crippen LogP contribution >= 0.6 is 0 Å². The largest absolute Gasteiger partial charge is 0.310 e. The smallest absolute Gasteiger partial charge is 0.0291 e. The monoisotopic (exact) mass is 290 g/mol. The number of unbranched alkanes of at least 4 members (excludes halogenated alkanes) is 1. The lowest BCUT2D eigenvalue weighted by atomic mass is 10.0. The molecule has 0 aliphatic carbocycles. The van der Waals surface area contributed by atoms with E-state index in [1.807, 2.05) is 0 Å². The molecule has 2 heteroatoms. The molecular formula is C19H34N2. The van der Waals surface area contributed by atoms with E-state index in [2.05, 4.69) is 69.2 Å². The van der Waals surface area contributed by atoms with Gasteiger partial charge in [0.05, 0.1) is 0 Å². The van der Waals surface area contributed by atoms with Crippen molar-refractivity contribution in [1.29, 1.82) is 0 Å². The van der Waals surface area contributed by atoms with Gasteiger partial charge in [-0.25, -0.2) is 0 Å². The number of nitrogens with one attached hydrogen (secondary N) is 1. The number of benzene rings is 1. The molecule has 0 saturated carbocycles. The average Bonchev–Trinajstić information content (AvgIpc) is 2.47. The van der Waals surface area contributed by atoms with Crippen molar-refractivity contribution < 1.29 is 0 Å². The van der Waals surface area contributed by atoms with Crippen LogP contribution in [0.25, 0.3) is 0 Å². The summed E-state index contributed by atoms with van der Waals surface area (Å²) < 4.78 is 0. The Kier molecular flexibility index (Phi) is 8.63. The summed E-state index contributed by atoms with van der Waals surface area (Å²) in [6.07, 6.45) is 4.92. The molecule has 1 N–H and O–H groups in total. The molecule has 0 saturated heterocycles. The van der Waals surface area contributed by atoms with Gasteiger partial charge in [-0.1, -0.05) is 37.6 Å². The molecule has 0 aliphatic rings. The molecule has 0 heterocycles. The van der Waals surface area contributed by atoms with Crippen LogP contribution in [-0.2, 0) is 6.42 Å². The first-order valence-corrected chi connectivity index (χ1v) is 8.57. The molecule has 0 bridgehead atoms. The molecule has 21 heavy (non-hydrogen) atoms. The molecule has 1 aromatic carbocycles. The van der Waals surface area contributed by atoms with Crippen LogP contribution in [0.15, 0.2) is 24.3 Å². The zero-order valence-electron chi connectivity index (χ0n) is 14.7. The van der Waals surface area contributed by atoms with Crippen molar-refractivity contribution in [3.05, 3.63) is 35.4 Å². The molecule has 0 fully saturated rings. The highest BCUT2D eigenvalue weighted by Gasteiger charge is 2.05. The van der Waals surface area contributed by atoms with E-state index in [0.29, 0.717) is 12.1 Å². The van der Waals surface area contributed by atoms with Crippen LogP contribution in [0.2, 0.25) is 0 Å². The van der Waals surface area contributed by atoms with Crippen LogP contribution in [0.5, 0.6) is 0 Å². The van der Waals surface area contributed by atoms with E-state index in [9.17, 15) is 0 Å². The maximum absolute atomic E-state index is 3.63. The van der Waals surface area contributed by atoms with E-state index in [4.69, 9.17) is 0 Å². The number of rotatable bonds is 10. The fourth-order valence-electron chi connectivity index (χ4n) is 2.44. The second kappa shape index (κ2) is 9.97. The summed E-state index contributed by atoms with van der Waals surface area (Å²) in [5.41, 5.74) is 2.85. The fourth-order valence-corrected chi connectivity index (χ4v) is 2.44. The van der Waals surface area contributed by atoms with Crippen molar-refractivity contribution in [2.24, 2.45) is 0 Å². The minimum atomic E-state index is 0.448. The van der Waals surface area contributed by atoms with Crippen molar-refractivity contribution in [1.82, 2.24) is 10.2 Å². The van der Waals surface area contributed by atoms with E-state index < -0.39 is 0 Å². The van der Waals surface area contributed by atoms with Crippen LogP contribution in [0.3, 0.4) is 0 Å². The van der Waals surface area contributed by atoms with E-state index >= 15 is 0 Å². The Balaban J connectivity index is 2.22. The fraction of sp³-hybridized carbons (Fsp3) is 0.684. The van der Waals surface area contributed by atoms with Gasteiger partial charge in [-0.05, 0) is 71.3 Å². The van der Waals surface area contributed by atoms with Crippen LogP contribution in [-0.4, -0.2) is 31.1 Å². The predicted molar refractivity (Wildman–Crippen MR) is 93.9 cm³/mol. The molecule has 1 aromatic rings. The molecule has 1 atom stereocenters. The van der Waals surface area contributed by atoms with Gasteiger partial charge in [-0.2, -0.15) is 0 Å². The molecule has 0 spiro atoms. The first-order valence-electron chi connectivity index (χ1n) is 8.57. The number of hydrogen-bond donors (Lipinski definition) is 1. The van der Waals surface area contributed by atoms with Gasteiger partial charge in [0, 0.05) is 12.1 Å². The zero-order valence-corrected chi connectivity index (χ0v) is 14.7. The van der Waals surface area contributed by atoms with Gasteiger partial charge in [-0.15, -0.1) is 0 Å². The molecule has 120 valence electrons. The van der Waals surface area contributed by atoms with Gasteiger partial charge in [0.15, 0.2) is 0 Å². The summed E-state index contributed by atoms with van der Waals surface area (Å²) >= 11 is 0. The summed E-state index contributed by atoms with van der Waals surface area (Å²) in [4.78, 5) is 2.41. The van der Waals surface area contributed by atoms with Crippen LogP contribution in [0.4, 0.5) is 0 Å². The first kappa shape index (κ1) is 18.2. The molecule has 0 radical (unpaired) electrons. The van der Waals surface area contributed by atoms with Gasteiger partial charge in [0.25, 0.3) is 0 Å². The van der Waals surface area contributed by atoms with E-state index in [1.54, 1.807) is 0 Å². The standard InChI is InChI=1S/C19H34N2/c1-6-9-18-10-12-19(13-11-18)17(4)20-14-7-8-15-21(5)16(2)3/h10-13,16-17,20H,6-9,14-15H2,1-5H3. The molecule has 0 aromatic heterocycles. The number of hydrogen-bond acceptors (Lipinski definition) is 2. The second-order valence-electron chi connectivity index (χ2n) is 6.45. The van der Waals surface area contributed by atoms with Crippen LogP contribution < -0.4 is 5.32 Å². The SMILES string of the molecule is CCCc1ccc(C(C)NCCCCN(C)C(C)C)cc1. The molecule has 1 unspecified atom stereocenters. The van der Waals surface area contributed by atoms with E-state index in [0.717, 1.165) is 6.54 Å². The van der Waals surface area contributed by atoms with Gasteiger partial charge in [0.2, 0.25) is 0 Å². The maximum atomic E-state index is 3.63. The third kappa shape index (κ3) is 7.10. The zero-order chi connectivity index (χ0) is 15.7. The molecule has 1 rings (SSSR count). The Labute approximate surface area is 131 Å². The Morgan fingerprint density at radius 3 is 2.29 bits per heavy atom. The van der Waals surface area contributed by atoms with Gasteiger partial charge < -0.3 is 10.2 Å². The highest BCUT2D eigenvalue weighted by Crippen LogP contribution is 2.14. The van der Waals surface area contributed by atoms with Gasteiger partial charge in [-0.3, -0.25) is 0 Å². The lowest BCUT2D eigenvalue weighted by Gasteiger charge is -2.21. The predicted octanol–water partition coefficient (Wildman–Crippen LogP) is 4.41. The summed E-state index contributed by atoms with van der Waals surface area (Å²) in [7, 11) is 2.21. The summed E-state index contributed by atoms with van der Waals surface area (Å²) in [5.74, 6) is 0. The normalized spacial score (nSPS) is 13.1. The maximum Gasteiger partial charge on any atom is 0.0291 e. The minimum Gasteiger partial charge on any atom is -0.310 e. The van der Waals surface area contributed by atoms with E-state index in [-0.39, 0.29) is 0 Å². The lowest BCUT2D eigenvalue weighted by molar-refractivity contribution is 0.267. The third-order valence-electron chi connectivity index (χ3n) is 4.29. The lowest BCUT2D eigenvalue weighted by Crippen LogP contribution is -2.28. The molecule has 0 amide bonds.